The lowest BCUT2D eigenvalue weighted by atomic mass is 10.1. The fraction of sp³-hybridized carbons (Fsp3) is 0.417. The van der Waals surface area contributed by atoms with Crippen LogP contribution in [-0.4, -0.2) is 31.9 Å². The SMILES string of the molecule is O=C(Oc1cccc(C2COCCN2)c1)C(F)(F)F. The number of carbonyl (C=O) groups is 1. The summed E-state index contributed by atoms with van der Waals surface area (Å²) in [6.07, 6.45) is -5.00. The number of hydrogen-bond acceptors (Lipinski definition) is 4. The van der Waals surface area contributed by atoms with E-state index < -0.39 is 12.1 Å². The highest BCUT2D eigenvalue weighted by atomic mass is 19.4. The fourth-order valence-electron chi connectivity index (χ4n) is 1.74. The molecular weight excluding hydrogens is 263 g/mol. The molecule has 1 saturated heterocycles. The van der Waals surface area contributed by atoms with Gasteiger partial charge in [0.25, 0.3) is 0 Å². The molecule has 1 aromatic carbocycles. The Labute approximate surface area is 107 Å². The predicted octanol–water partition coefficient (Wildman–Crippen LogP) is 1.82. The molecule has 0 saturated carbocycles. The van der Waals surface area contributed by atoms with Gasteiger partial charge >= 0.3 is 12.1 Å². The average Bonchev–Trinajstić information content (AvgIpc) is 2.39. The van der Waals surface area contributed by atoms with Crippen LogP contribution in [-0.2, 0) is 9.53 Å². The number of alkyl halides is 3. The topological polar surface area (TPSA) is 47.6 Å². The average molecular weight is 275 g/mol. The second kappa shape index (κ2) is 5.58. The fourth-order valence-corrected chi connectivity index (χ4v) is 1.74. The van der Waals surface area contributed by atoms with Crippen molar-refractivity contribution in [3.63, 3.8) is 0 Å². The Hall–Kier alpha value is -1.60. The van der Waals surface area contributed by atoms with Crippen LogP contribution in [0.1, 0.15) is 11.6 Å². The molecule has 1 aliphatic rings. The molecule has 0 bridgehead atoms. The monoisotopic (exact) mass is 275 g/mol. The van der Waals surface area contributed by atoms with Crippen molar-refractivity contribution in [2.75, 3.05) is 19.8 Å². The van der Waals surface area contributed by atoms with Gasteiger partial charge in [-0.25, -0.2) is 4.79 Å². The minimum atomic E-state index is -5.00. The highest BCUT2D eigenvalue weighted by Crippen LogP contribution is 2.24. The van der Waals surface area contributed by atoms with E-state index in [4.69, 9.17) is 4.74 Å². The number of nitrogens with one attached hydrogen (secondary N) is 1. The van der Waals surface area contributed by atoms with E-state index in [1.54, 1.807) is 6.07 Å². The number of carbonyl (C=O) groups excluding carboxylic acids is 1. The second-order valence-electron chi connectivity index (χ2n) is 4.04. The molecule has 0 aromatic heterocycles. The summed E-state index contributed by atoms with van der Waals surface area (Å²) in [6.45, 7) is 1.69. The number of benzene rings is 1. The Morgan fingerprint density at radius 2 is 2.21 bits per heavy atom. The van der Waals surface area contributed by atoms with Gasteiger partial charge in [0, 0.05) is 6.54 Å². The van der Waals surface area contributed by atoms with Gasteiger partial charge in [0.05, 0.1) is 19.3 Å². The molecule has 19 heavy (non-hydrogen) atoms. The molecule has 1 unspecified atom stereocenters. The molecule has 1 N–H and O–H groups in total. The van der Waals surface area contributed by atoms with E-state index in [9.17, 15) is 18.0 Å². The van der Waals surface area contributed by atoms with Gasteiger partial charge in [-0.3, -0.25) is 0 Å². The summed E-state index contributed by atoms with van der Waals surface area (Å²) in [5, 5.41) is 3.16. The van der Waals surface area contributed by atoms with Gasteiger partial charge in [-0.15, -0.1) is 0 Å². The van der Waals surface area contributed by atoms with Gasteiger partial charge in [0.2, 0.25) is 0 Å². The first-order chi connectivity index (χ1) is 8.97. The molecule has 1 aliphatic heterocycles. The number of esters is 1. The summed E-state index contributed by atoms with van der Waals surface area (Å²) in [6, 6.07) is 5.85. The standard InChI is InChI=1S/C12H12F3NO3/c13-12(14,15)11(17)19-9-3-1-2-8(6-9)10-7-18-5-4-16-10/h1-3,6,10,16H,4-5,7H2. The number of ether oxygens (including phenoxy) is 2. The third-order valence-electron chi connectivity index (χ3n) is 2.62. The minimum absolute atomic E-state index is 0.113. The molecule has 1 aromatic rings. The van der Waals surface area contributed by atoms with Gasteiger partial charge in [0.1, 0.15) is 5.75 Å². The Balaban J connectivity index is 2.08. The number of halogens is 3. The first-order valence-corrected chi connectivity index (χ1v) is 5.67. The van der Waals surface area contributed by atoms with Crippen LogP contribution in [0.2, 0.25) is 0 Å². The van der Waals surface area contributed by atoms with Gasteiger partial charge in [-0.05, 0) is 17.7 Å². The summed E-state index contributed by atoms with van der Waals surface area (Å²) in [5.41, 5.74) is 0.715. The van der Waals surface area contributed by atoms with Gasteiger partial charge in [-0.1, -0.05) is 12.1 Å². The molecule has 0 amide bonds. The highest BCUT2D eigenvalue weighted by Gasteiger charge is 2.41. The lowest BCUT2D eigenvalue weighted by molar-refractivity contribution is -0.189. The van der Waals surface area contributed by atoms with Crippen LogP contribution < -0.4 is 10.1 Å². The van der Waals surface area contributed by atoms with Crippen molar-refractivity contribution in [2.24, 2.45) is 0 Å². The normalized spacial score (nSPS) is 20.1. The Morgan fingerprint density at radius 3 is 2.84 bits per heavy atom. The predicted molar refractivity (Wildman–Crippen MR) is 59.7 cm³/mol. The van der Waals surface area contributed by atoms with Crippen LogP contribution in [0, 0.1) is 0 Å². The van der Waals surface area contributed by atoms with Gasteiger partial charge in [-0.2, -0.15) is 13.2 Å². The summed E-state index contributed by atoms with van der Waals surface area (Å²) in [7, 11) is 0. The zero-order valence-corrected chi connectivity index (χ0v) is 9.87. The third kappa shape index (κ3) is 3.68. The van der Waals surface area contributed by atoms with Crippen molar-refractivity contribution in [3.8, 4) is 5.75 Å². The molecule has 0 aliphatic carbocycles. The molecular formula is C12H12F3NO3. The molecule has 0 radical (unpaired) electrons. The molecule has 1 atom stereocenters. The molecule has 0 spiro atoms. The van der Waals surface area contributed by atoms with E-state index in [-0.39, 0.29) is 11.8 Å². The smallest absolute Gasteiger partial charge is 0.420 e. The largest absolute Gasteiger partial charge is 0.491 e. The van der Waals surface area contributed by atoms with Crippen LogP contribution >= 0.6 is 0 Å². The van der Waals surface area contributed by atoms with Crippen molar-refractivity contribution in [3.05, 3.63) is 29.8 Å². The van der Waals surface area contributed by atoms with Crippen molar-refractivity contribution in [2.45, 2.75) is 12.2 Å². The van der Waals surface area contributed by atoms with E-state index in [2.05, 4.69) is 10.1 Å². The maximum absolute atomic E-state index is 12.1. The van der Waals surface area contributed by atoms with Crippen LogP contribution in [0.25, 0.3) is 0 Å². The van der Waals surface area contributed by atoms with Crippen LogP contribution in [0.3, 0.4) is 0 Å². The Kier molecular flexibility index (Phi) is 4.06. The van der Waals surface area contributed by atoms with Crippen LogP contribution in [0.4, 0.5) is 13.2 Å². The molecule has 4 nitrogen and oxygen atoms in total. The van der Waals surface area contributed by atoms with Crippen molar-refractivity contribution >= 4 is 5.97 Å². The van der Waals surface area contributed by atoms with Gasteiger partial charge < -0.3 is 14.8 Å². The third-order valence-corrected chi connectivity index (χ3v) is 2.62. The first-order valence-electron chi connectivity index (χ1n) is 5.67. The van der Waals surface area contributed by atoms with E-state index in [1.165, 1.54) is 18.2 Å². The first kappa shape index (κ1) is 13.8. The Bertz CT molecular complexity index is 456. The van der Waals surface area contributed by atoms with Crippen molar-refractivity contribution in [1.82, 2.24) is 5.32 Å². The number of hydrogen-bond donors (Lipinski definition) is 1. The zero-order chi connectivity index (χ0) is 13.9. The lowest BCUT2D eigenvalue weighted by Crippen LogP contribution is -2.34. The zero-order valence-electron chi connectivity index (χ0n) is 9.87. The van der Waals surface area contributed by atoms with Crippen molar-refractivity contribution in [1.29, 1.82) is 0 Å². The molecule has 1 fully saturated rings. The molecule has 104 valence electrons. The Morgan fingerprint density at radius 1 is 1.42 bits per heavy atom. The number of rotatable bonds is 2. The lowest BCUT2D eigenvalue weighted by Gasteiger charge is -2.24. The van der Waals surface area contributed by atoms with E-state index >= 15 is 0 Å². The van der Waals surface area contributed by atoms with E-state index in [0.29, 0.717) is 25.3 Å². The minimum Gasteiger partial charge on any atom is -0.420 e. The van der Waals surface area contributed by atoms with Gasteiger partial charge in [0.15, 0.2) is 0 Å². The second-order valence-corrected chi connectivity index (χ2v) is 4.04. The summed E-state index contributed by atoms with van der Waals surface area (Å²) >= 11 is 0. The van der Waals surface area contributed by atoms with Crippen LogP contribution in [0.15, 0.2) is 24.3 Å². The molecule has 1 heterocycles. The maximum atomic E-state index is 12.1. The quantitative estimate of drug-likeness (QED) is 0.660. The van der Waals surface area contributed by atoms with Crippen molar-refractivity contribution < 1.29 is 27.4 Å². The summed E-state index contributed by atoms with van der Waals surface area (Å²) < 4.78 is 45.8. The summed E-state index contributed by atoms with van der Waals surface area (Å²) in [5.74, 6) is -2.36. The highest BCUT2D eigenvalue weighted by molar-refractivity contribution is 5.78. The van der Waals surface area contributed by atoms with E-state index in [0.717, 1.165) is 0 Å². The number of morpholine rings is 1. The van der Waals surface area contributed by atoms with E-state index in [1.807, 2.05) is 0 Å². The molecule has 2 rings (SSSR count). The molecule has 7 heteroatoms. The summed E-state index contributed by atoms with van der Waals surface area (Å²) in [4.78, 5) is 10.7. The maximum Gasteiger partial charge on any atom is 0.491 e. The van der Waals surface area contributed by atoms with Crippen LogP contribution in [0.5, 0.6) is 5.75 Å².